The highest BCUT2D eigenvalue weighted by atomic mass is 32.2. The number of nitrogens with zero attached hydrogens (tertiary/aromatic N) is 1. The van der Waals surface area contributed by atoms with E-state index in [-0.39, 0.29) is 11.4 Å². The summed E-state index contributed by atoms with van der Waals surface area (Å²) in [4.78, 5) is 14.8. The fraction of sp³-hybridized carbons (Fsp3) is 0.720. The number of carbonyl (C=O) groups is 1. The minimum Gasteiger partial charge on any atom is -0.493 e. The van der Waals surface area contributed by atoms with Crippen LogP contribution in [0, 0.1) is 5.92 Å². The molecule has 1 saturated carbocycles. The van der Waals surface area contributed by atoms with Crippen molar-refractivity contribution in [1.29, 1.82) is 0 Å². The first kappa shape index (κ1) is 25.0. The molecule has 2 N–H and O–H groups in total. The van der Waals surface area contributed by atoms with Crippen molar-refractivity contribution in [2.45, 2.75) is 76.0 Å². The Balaban J connectivity index is 1.75. The van der Waals surface area contributed by atoms with E-state index in [2.05, 4.69) is 47.8 Å². The van der Waals surface area contributed by atoms with E-state index >= 15 is 0 Å². The predicted octanol–water partition coefficient (Wildman–Crippen LogP) is 4.97. The van der Waals surface area contributed by atoms with Crippen molar-refractivity contribution in [3.63, 3.8) is 0 Å². The molecule has 3 rings (SSSR count). The van der Waals surface area contributed by atoms with Gasteiger partial charge in [0.15, 0.2) is 11.5 Å². The first-order chi connectivity index (χ1) is 15.4. The molecule has 32 heavy (non-hydrogen) atoms. The fourth-order valence-corrected chi connectivity index (χ4v) is 6.30. The van der Waals surface area contributed by atoms with Crippen LogP contribution >= 0.6 is 11.9 Å². The van der Waals surface area contributed by atoms with Crippen molar-refractivity contribution in [3.05, 3.63) is 23.8 Å². The third kappa shape index (κ3) is 5.66. The second-order valence-electron chi connectivity index (χ2n) is 9.61. The van der Waals surface area contributed by atoms with E-state index < -0.39 is 0 Å². The molecule has 1 aromatic carbocycles. The summed E-state index contributed by atoms with van der Waals surface area (Å²) in [6.45, 7) is 9.70. The zero-order valence-electron chi connectivity index (χ0n) is 20.4. The first-order valence-electron chi connectivity index (χ1n) is 12.1. The molecular weight excluding hydrogens is 422 g/mol. The van der Waals surface area contributed by atoms with Gasteiger partial charge in [-0.1, -0.05) is 33.3 Å². The van der Waals surface area contributed by atoms with E-state index in [0.29, 0.717) is 17.2 Å². The highest BCUT2D eigenvalue weighted by molar-refractivity contribution is 7.98. The number of carbonyl (C=O) groups excluding carboxylic acids is 1. The summed E-state index contributed by atoms with van der Waals surface area (Å²) in [6.07, 6.45) is 6.57. The van der Waals surface area contributed by atoms with Crippen LogP contribution in [0.1, 0.15) is 64.9 Å². The molecule has 2 aliphatic rings. The van der Waals surface area contributed by atoms with Crippen LogP contribution in [0.25, 0.3) is 0 Å². The van der Waals surface area contributed by atoms with Gasteiger partial charge in [-0.05, 0) is 74.2 Å². The van der Waals surface area contributed by atoms with Gasteiger partial charge >= 0.3 is 6.03 Å². The average Bonchev–Trinajstić information content (AvgIpc) is 3.15. The lowest BCUT2D eigenvalue weighted by molar-refractivity contribution is 0.147. The number of nitrogens with one attached hydrogen (secondary N) is 2. The third-order valence-electron chi connectivity index (χ3n) is 7.01. The number of unbranched alkanes of at least 4 members (excludes halogenated alkanes) is 1. The minimum atomic E-state index is -0.0642. The van der Waals surface area contributed by atoms with Crippen molar-refractivity contribution < 1.29 is 14.3 Å². The van der Waals surface area contributed by atoms with Gasteiger partial charge in [0, 0.05) is 29.8 Å². The van der Waals surface area contributed by atoms with Crippen LogP contribution in [0.3, 0.4) is 0 Å². The SMILES string of the molecule is CCCCNC(=O)NSC1CCC2(c3ccc(OC)c(OC)c3)CCN(CC(C)C)C2C1. The number of urea groups is 1. The summed E-state index contributed by atoms with van der Waals surface area (Å²) in [5.41, 5.74) is 1.50. The standard InChI is InChI=1S/C25H41N3O3S/c1-6-7-13-26-24(29)27-32-20-10-11-25(12-14-28(17-18(2)3)23(25)16-20)19-8-9-21(30-4)22(15-19)31-5/h8-9,15,18,20,23H,6-7,10-14,16-17H2,1-5H3,(H2,26,27,29). The predicted molar refractivity (Wildman–Crippen MR) is 133 cm³/mol. The van der Waals surface area contributed by atoms with Gasteiger partial charge in [0.2, 0.25) is 0 Å². The number of hydrogen-bond acceptors (Lipinski definition) is 5. The monoisotopic (exact) mass is 463 g/mol. The van der Waals surface area contributed by atoms with Gasteiger partial charge in [-0.2, -0.15) is 0 Å². The Hall–Kier alpha value is -1.60. The molecule has 7 heteroatoms. The Labute approximate surface area is 198 Å². The molecular formula is C25H41N3O3S. The number of ether oxygens (including phenoxy) is 2. The molecule has 1 aromatic rings. The second-order valence-corrected chi connectivity index (χ2v) is 10.7. The summed E-state index contributed by atoms with van der Waals surface area (Å²) in [7, 11) is 3.40. The zero-order valence-corrected chi connectivity index (χ0v) is 21.2. The molecule has 0 radical (unpaired) electrons. The maximum atomic E-state index is 12.1. The van der Waals surface area contributed by atoms with Gasteiger partial charge in [0.1, 0.15) is 0 Å². The Morgan fingerprint density at radius 3 is 2.72 bits per heavy atom. The Morgan fingerprint density at radius 1 is 1.25 bits per heavy atom. The first-order valence-corrected chi connectivity index (χ1v) is 13.0. The van der Waals surface area contributed by atoms with Crippen LogP contribution in [-0.2, 0) is 5.41 Å². The summed E-state index contributed by atoms with van der Waals surface area (Å²) in [5, 5.41) is 3.38. The topological polar surface area (TPSA) is 62.8 Å². The average molecular weight is 464 g/mol. The molecule has 0 aromatic heterocycles. The van der Waals surface area contributed by atoms with Crippen molar-refractivity contribution >= 4 is 18.0 Å². The summed E-state index contributed by atoms with van der Waals surface area (Å²) in [5.74, 6) is 2.22. The molecule has 2 amide bonds. The van der Waals surface area contributed by atoms with E-state index in [9.17, 15) is 4.79 Å². The van der Waals surface area contributed by atoms with Crippen molar-refractivity contribution in [2.75, 3.05) is 33.9 Å². The Kier molecular flexibility index (Phi) is 9.00. The Morgan fingerprint density at radius 2 is 2.03 bits per heavy atom. The molecule has 1 aliphatic carbocycles. The van der Waals surface area contributed by atoms with E-state index in [4.69, 9.17) is 9.47 Å². The van der Waals surface area contributed by atoms with Gasteiger partial charge in [0.05, 0.1) is 14.2 Å². The maximum Gasteiger partial charge on any atom is 0.324 e. The summed E-state index contributed by atoms with van der Waals surface area (Å²) < 4.78 is 14.2. The zero-order chi connectivity index (χ0) is 23.1. The van der Waals surface area contributed by atoms with Crippen LogP contribution in [0.15, 0.2) is 18.2 Å². The molecule has 0 bridgehead atoms. The highest BCUT2D eigenvalue weighted by Gasteiger charge is 2.51. The van der Waals surface area contributed by atoms with Gasteiger partial charge in [-0.25, -0.2) is 4.79 Å². The van der Waals surface area contributed by atoms with Crippen LogP contribution in [-0.4, -0.2) is 56.1 Å². The summed E-state index contributed by atoms with van der Waals surface area (Å²) in [6, 6.07) is 6.89. The van der Waals surface area contributed by atoms with E-state index in [1.165, 1.54) is 12.0 Å². The van der Waals surface area contributed by atoms with E-state index in [0.717, 1.165) is 63.2 Å². The maximum absolute atomic E-state index is 12.1. The summed E-state index contributed by atoms with van der Waals surface area (Å²) >= 11 is 1.61. The number of likely N-dealkylation sites (tertiary alicyclic amines) is 1. The number of benzene rings is 1. The molecule has 0 spiro atoms. The molecule has 1 saturated heterocycles. The molecule has 2 fully saturated rings. The lowest BCUT2D eigenvalue weighted by Crippen LogP contribution is -2.49. The number of rotatable bonds is 10. The Bertz CT molecular complexity index is 760. The number of hydrogen-bond donors (Lipinski definition) is 2. The molecule has 6 nitrogen and oxygen atoms in total. The third-order valence-corrected chi connectivity index (χ3v) is 8.08. The number of fused-ring (bicyclic) bond motifs is 1. The smallest absolute Gasteiger partial charge is 0.324 e. The molecule has 1 heterocycles. The normalized spacial score (nSPS) is 25.4. The number of methoxy groups -OCH3 is 2. The highest BCUT2D eigenvalue weighted by Crippen LogP contribution is 2.51. The second kappa shape index (κ2) is 11.5. The van der Waals surface area contributed by atoms with Crippen molar-refractivity contribution in [1.82, 2.24) is 14.9 Å². The fourth-order valence-electron chi connectivity index (χ4n) is 5.44. The van der Waals surface area contributed by atoms with Crippen molar-refractivity contribution in [3.8, 4) is 11.5 Å². The van der Waals surface area contributed by atoms with E-state index in [1.807, 2.05) is 6.07 Å². The van der Waals surface area contributed by atoms with Crippen LogP contribution in [0.2, 0.25) is 0 Å². The molecule has 3 unspecified atom stereocenters. The van der Waals surface area contributed by atoms with Gasteiger partial charge in [-0.15, -0.1) is 0 Å². The largest absolute Gasteiger partial charge is 0.493 e. The lowest BCUT2D eigenvalue weighted by atomic mass is 9.66. The van der Waals surface area contributed by atoms with Gasteiger partial charge in [0.25, 0.3) is 0 Å². The van der Waals surface area contributed by atoms with Crippen LogP contribution in [0.5, 0.6) is 11.5 Å². The molecule has 3 atom stereocenters. The van der Waals surface area contributed by atoms with Gasteiger partial charge < -0.3 is 14.8 Å². The van der Waals surface area contributed by atoms with Crippen LogP contribution in [0.4, 0.5) is 4.79 Å². The molecule has 1 aliphatic heterocycles. The number of amides is 2. The lowest BCUT2D eigenvalue weighted by Gasteiger charge is -2.45. The van der Waals surface area contributed by atoms with E-state index in [1.54, 1.807) is 26.2 Å². The van der Waals surface area contributed by atoms with Gasteiger partial charge in [-0.3, -0.25) is 9.62 Å². The minimum absolute atomic E-state index is 0.0642. The van der Waals surface area contributed by atoms with Crippen LogP contribution < -0.4 is 19.5 Å². The van der Waals surface area contributed by atoms with Crippen molar-refractivity contribution in [2.24, 2.45) is 5.92 Å². The quantitative estimate of drug-likeness (QED) is 0.379. The molecule has 180 valence electrons.